The van der Waals surface area contributed by atoms with Crippen LogP contribution < -0.4 is 4.74 Å². The molecule has 2 fully saturated rings. The second-order valence-electron chi connectivity index (χ2n) is 14.5. The first-order valence-electron chi connectivity index (χ1n) is 15.9. The van der Waals surface area contributed by atoms with Gasteiger partial charge in [-0.1, -0.05) is 54.9 Å². The summed E-state index contributed by atoms with van der Waals surface area (Å²) in [5, 5.41) is 22.3. The molecule has 0 heterocycles. The van der Waals surface area contributed by atoms with Crippen molar-refractivity contribution in [3.63, 3.8) is 0 Å². The molecule has 1 aromatic carbocycles. The van der Waals surface area contributed by atoms with Gasteiger partial charge in [0.25, 0.3) is 0 Å². The number of fused-ring (bicyclic) bond motifs is 2. The van der Waals surface area contributed by atoms with Gasteiger partial charge in [0.2, 0.25) is 0 Å². The molecule has 0 aromatic heterocycles. The van der Waals surface area contributed by atoms with E-state index in [0.29, 0.717) is 19.3 Å². The van der Waals surface area contributed by atoms with Gasteiger partial charge >= 0.3 is 0 Å². The third kappa shape index (κ3) is 6.39. The van der Waals surface area contributed by atoms with Crippen LogP contribution in [0.25, 0.3) is 5.76 Å². The lowest BCUT2D eigenvalue weighted by Gasteiger charge is -2.60. The molecule has 45 heavy (non-hydrogen) atoms. The van der Waals surface area contributed by atoms with Gasteiger partial charge < -0.3 is 14.9 Å². The molecule has 2 bridgehead atoms. The van der Waals surface area contributed by atoms with Gasteiger partial charge in [0.15, 0.2) is 28.8 Å². The first kappa shape index (κ1) is 35.8. The number of aliphatic hydroxyl groups excluding tert-OH is 1. The average molecular weight is 617 g/mol. The Bertz CT molecular complexity index is 1490. The fourth-order valence-corrected chi connectivity index (χ4v) is 7.36. The third-order valence-electron chi connectivity index (χ3n) is 10.3. The summed E-state index contributed by atoms with van der Waals surface area (Å²) in [6.45, 7) is 24.0. The number of benzene rings is 1. The van der Waals surface area contributed by atoms with Crippen molar-refractivity contribution < 1.29 is 29.3 Å². The minimum Gasteiger partial charge on any atom is -0.506 e. The van der Waals surface area contributed by atoms with Crippen LogP contribution >= 0.6 is 0 Å². The molecular formula is C39H52O6. The minimum absolute atomic E-state index is 0.0996. The Hall–Kier alpha value is -3.67. The Morgan fingerprint density at radius 3 is 2.16 bits per heavy atom. The van der Waals surface area contributed by atoms with Crippen LogP contribution in [0.4, 0.5) is 0 Å². The van der Waals surface area contributed by atoms with Crippen molar-refractivity contribution in [2.45, 2.75) is 93.9 Å². The Kier molecular flexibility index (Phi) is 10.6. The summed E-state index contributed by atoms with van der Waals surface area (Å²) in [6, 6.07) is 4.24. The summed E-state index contributed by atoms with van der Waals surface area (Å²) in [7, 11) is 1.41. The molecule has 0 aliphatic heterocycles. The van der Waals surface area contributed by atoms with Crippen molar-refractivity contribution in [3.05, 3.63) is 76.9 Å². The van der Waals surface area contributed by atoms with Crippen molar-refractivity contribution in [1.82, 2.24) is 0 Å². The molecule has 6 nitrogen and oxygen atoms in total. The first-order chi connectivity index (χ1) is 20.9. The molecule has 0 spiro atoms. The predicted octanol–water partition coefficient (Wildman–Crippen LogP) is 9.06. The van der Waals surface area contributed by atoms with Gasteiger partial charge in [-0.2, -0.15) is 0 Å². The van der Waals surface area contributed by atoms with Crippen LogP contribution in [0.2, 0.25) is 0 Å². The fraction of sp³-hybridized carbons (Fsp3) is 0.513. The standard InChI is InChI=1S/C39H52O6/c1-23(2)12-14-28(26(7)8)21-38-22-29(16-13-24(3)4)37(9,10)39(36(38)44,19-18-25(5)6)35(43)32(34(38)42)33(41)27-15-17-31(45-11)30(40)20-27/h13,15,17-18,20,28-29,40-41H,1,7,12,14,16,19,21-22H2,2-6,8-11H3/b33-32-/t28-,29-,38+,39-/m1/s1. The average Bonchev–Trinajstić information content (AvgIpc) is 2.94. The highest BCUT2D eigenvalue weighted by molar-refractivity contribution is 6.41. The molecule has 3 rings (SSSR count). The lowest BCUT2D eigenvalue weighted by atomic mass is 9.38. The molecule has 2 saturated carbocycles. The van der Waals surface area contributed by atoms with E-state index in [2.05, 4.69) is 19.2 Å². The number of carbonyl (C=O) groups is 3. The minimum atomic E-state index is -1.59. The van der Waals surface area contributed by atoms with Crippen molar-refractivity contribution in [2.24, 2.45) is 28.1 Å². The molecule has 6 heteroatoms. The Labute approximate surface area is 269 Å². The lowest BCUT2D eigenvalue weighted by molar-refractivity contribution is -0.177. The number of carbonyl (C=O) groups excluding carboxylic acids is 3. The molecule has 2 N–H and O–H groups in total. The van der Waals surface area contributed by atoms with Gasteiger partial charge in [-0.15, -0.1) is 6.58 Å². The van der Waals surface area contributed by atoms with Crippen molar-refractivity contribution >= 4 is 23.1 Å². The maximum absolute atomic E-state index is 15.2. The Morgan fingerprint density at radius 1 is 1.02 bits per heavy atom. The van der Waals surface area contributed by atoms with E-state index in [1.165, 1.54) is 25.3 Å². The van der Waals surface area contributed by atoms with Gasteiger partial charge in [-0.05, 0) is 116 Å². The van der Waals surface area contributed by atoms with E-state index in [-0.39, 0.29) is 59.5 Å². The normalized spacial score (nSPS) is 25.7. The van der Waals surface area contributed by atoms with E-state index in [9.17, 15) is 19.8 Å². The summed E-state index contributed by atoms with van der Waals surface area (Å²) in [6.07, 6.45) is 6.60. The quantitative estimate of drug-likeness (QED) is 0.0799. The second-order valence-corrected chi connectivity index (χ2v) is 14.5. The van der Waals surface area contributed by atoms with Gasteiger partial charge in [0.1, 0.15) is 16.7 Å². The number of rotatable bonds is 12. The number of allylic oxidation sites excluding steroid dienone is 7. The number of hydrogen-bond acceptors (Lipinski definition) is 6. The Balaban J connectivity index is 2.45. The van der Waals surface area contributed by atoms with Crippen LogP contribution in [-0.2, 0) is 14.4 Å². The van der Waals surface area contributed by atoms with Gasteiger partial charge in [-0.3, -0.25) is 14.4 Å². The molecule has 0 amide bonds. The molecule has 2 aliphatic carbocycles. The number of hydrogen-bond donors (Lipinski definition) is 2. The molecule has 0 unspecified atom stereocenters. The molecule has 4 atom stereocenters. The maximum Gasteiger partial charge on any atom is 0.184 e. The first-order valence-corrected chi connectivity index (χ1v) is 15.9. The number of ether oxygens (including phenoxy) is 1. The summed E-state index contributed by atoms with van der Waals surface area (Å²) >= 11 is 0. The van der Waals surface area contributed by atoms with E-state index < -0.39 is 33.6 Å². The van der Waals surface area contributed by atoms with Gasteiger partial charge in [-0.25, -0.2) is 0 Å². The zero-order chi connectivity index (χ0) is 34.1. The lowest BCUT2D eigenvalue weighted by Crippen LogP contribution is -2.69. The number of phenolic OH excluding ortho intramolecular Hbond substituents is 1. The SMILES string of the molecule is C=C(C)CC[C@H](C[C@]12C[C@@H](CC=C(C)C)C(C)(C)[C@](CC=C(C)C)(C(=O)/C(=C(\O)c3ccc(OC)c(O)c3)C1=O)C2=O)C(=C)C. The highest BCUT2D eigenvalue weighted by Gasteiger charge is 2.74. The number of aromatic hydroxyl groups is 1. The molecular weight excluding hydrogens is 564 g/mol. The molecule has 0 radical (unpaired) electrons. The number of aliphatic hydroxyl groups is 1. The zero-order valence-electron chi connectivity index (χ0n) is 28.7. The zero-order valence-corrected chi connectivity index (χ0v) is 28.7. The number of methoxy groups -OCH3 is 1. The summed E-state index contributed by atoms with van der Waals surface area (Å²) in [5.41, 5.74) is -0.332. The van der Waals surface area contributed by atoms with Crippen LogP contribution in [0.1, 0.15) is 99.5 Å². The van der Waals surface area contributed by atoms with Crippen LogP contribution in [0.3, 0.4) is 0 Å². The van der Waals surface area contributed by atoms with Crippen LogP contribution in [0.5, 0.6) is 11.5 Å². The molecule has 0 saturated heterocycles. The Morgan fingerprint density at radius 2 is 1.64 bits per heavy atom. The van der Waals surface area contributed by atoms with Crippen molar-refractivity contribution in [1.29, 1.82) is 0 Å². The molecule has 244 valence electrons. The molecule has 2 aliphatic rings. The largest absolute Gasteiger partial charge is 0.506 e. The summed E-state index contributed by atoms with van der Waals surface area (Å²) in [4.78, 5) is 45.1. The summed E-state index contributed by atoms with van der Waals surface area (Å²) in [5.74, 6) is -2.58. The monoisotopic (exact) mass is 616 g/mol. The smallest absolute Gasteiger partial charge is 0.184 e. The third-order valence-corrected chi connectivity index (χ3v) is 10.3. The number of phenols is 1. The number of Topliss-reactive ketones (excluding diaryl/α,β-unsaturated/α-hetero) is 3. The van der Waals surface area contributed by atoms with Crippen molar-refractivity contribution in [3.8, 4) is 11.5 Å². The van der Waals surface area contributed by atoms with Crippen LogP contribution in [0.15, 0.2) is 71.4 Å². The molecule has 1 aromatic rings. The van der Waals surface area contributed by atoms with Gasteiger partial charge in [0, 0.05) is 5.56 Å². The highest BCUT2D eigenvalue weighted by atomic mass is 16.5. The maximum atomic E-state index is 15.2. The fourth-order valence-electron chi connectivity index (χ4n) is 7.36. The van der Waals surface area contributed by atoms with Crippen LogP contribution in [-0.4, -0.2) is 34.7 Å². The van der Waals surface area contributed by atoms with E-state index >= 15 is 4.79 Å². The van der Waals surface area contributed by atoms with Gasteiger partial charge in [0.05, 0.1) is 12.5 Å². The van der Waals surface area contributed by atoms with E-state index in [1.54, 1.807) is 0 Å². The van der Waals surface area contributed by atoms with E-state index in [1.807, 2.05) is 61.5 Å². The van der Waals surface area contributed by atoms with Crippen molar-refractivity contribution in [2.75, 3.05) is 7.11 Å². The predicted molar refractivity (Wildman–Crippen MR) is 181 cm³/mol. The van der Waals surface area contributed by atoms with E-state index in [4.69, 9.17) is 4.74 Å². The second kappa shape index (κ2) is 13.4. The topological polar surface area (TPSA) is 101 Å². The number of ketones is 3. The van der Waals surface area contributed by atoms with E-state index in [0.717, 1.165) is 22.3 Å². The van der Waals surface area contributed by atoms with Crippen LogP contribution in [0, 0.1) is 28.1 Å². The highest BCUT2D eigenvalue weighted by Crippen LogP contribution is 2.66. The summed E-state index contributed by atoms with van der Waals surface area (Å²) < 4.78 is 5.16.